The highest BCUT2D eigenvalue weighted by atomic mass is 19.1. The number of nitrogens with one attached hydrogen (secondary N) is 1. The molecule has 2 fully saturated rings. The van der Waals surface area contributed by atoms with Crippen LogP contribution in [-0.4, -0.2) is 84.8 Å². The molecule has 1 N–H and O–H groups in total. The maximum Gasteiger partial charge on any atom is 0.236 e. The average Bonchev–Trinajstić information content (AvgIpc) is 3.67. The SMILES string of the molecule is CO/C1=C/C(c2[nH]c3ccc(C4CCN(CC(=O)N5CC[C@H](F)C5)CC4)cc3c2C(C)C)=C\CCC2N=CN=C12. The molecule has 2 aromatic rings. The van der Waals surface area contributed by atoms with Crippen LogP contribution in [0.15, 0.2) is 46.1 Å². The molecule has 40 heavy (non-hydrogen) atoms. The maximum absolute atomic E-state index is 13.5. The van der Waals surface area contributed by atoms with Crippen LogP contribution in [0, 0.1) is 0 Å². The first kappa shape index (κ1) is 26.9. The number of H-pyrrole nitrogens is 1. The Bertz CT molecular complexity index is 1400. The summed E-state index contributed by atoms with van der Waals surface area (Å²) in [6, 6.07) is 6.96. The first-order valence-corrected chi connectivity index (χ1v) is 14.8. The van der Waals surface area contributed by atoms with Crippen molar-refractivity contribution in [3.8, 4) is 0 Å². The van der Waals surface area contributed by atoms with E-state index in [9.17, 15) is 9.18 Å². The Balaban J connectivity index is 1.22. The monoisotopic (exact) mass is 545 g/mol. The largest absolute Gasteiger partial charge is 0.495 e. The van der Waals surface area contributed by atoms with Crippen molar-refractivity contribution in [1.82, 2.24) is 14.8 Å². The van der Waals surface area contributed by atoms with E-state index in [-0.39, 0.29) is 18.5 Å². The molecular formula is C32H40FN5O2. The lowest BCUT2D eigenvalue weighted by atomic mass is 9.87. The van der Waals surface area contributed by atoms with Gasteiger partial charge in [-0.3, -0.25) is 14.7 Å². The van der Waals surface area contributed by atoms with Crippen LogP contribution >= 0.6 is 0 Å². The summed E-state index contributed by atoms with van der Waals surface area (Å²) in [7, 11) is 1.71. The van der Waals surface area contributed by atoms with Gasteiger partial charge in [-0.15, -0.1) is 0 Å². The van der Waals surface area contributed by atoms with Gasteiger partial charge in [0.05, 0.1) is 26.2 Å². The Kier molecular flexibility index (Phi) is 7.62. The van der Waals surface area contributed by atoms with E-state index in [4.69, 9.17) is 4.74 Å². The van der Waals surface area contributed by atoms with Crippen LogP contribution in [0.25, 0.3) is 16.5 Å². The van der Waals surface area contributed by atoms with Gasteiger partial charge >= 0.3 is 0 Å². The predicted molar refractivity (Wildman–Crippen MR) is 159 cm³/mol. The number of carbonyl (C=O) groups is 1. The molecule has 8 heteroatoms. The van der Waals surface area contributed by atoms with E-state index >= 15 is 0 Å². The van der Waals surface area contributed by atoms with Crippen molar-refractivity contribution < 1.29 is 13.9 Å². The summed E-state index contributed by atoms with van der Waals surface area (Å²) in [5.74, 6) is 1.65. The lowest BCUT2D eigenvalue weighted by Crippen LogP contribution is -2.42. The molecule has 2 saturated heterocycles. The lowest BCUT2D eigenvalue weighted by Gasteiger charge is -2.32. The summed E-state index contributed by atoms with van der Waals surface area (Å²) >= 11 is 0. The number of halogens is 1. The van der Waals surface area contributed by atoms with Crippen LogP contribution in [0.5, 0.6) is 0 Å². The molecule has 1 aliphatic carbocycles. The molecule has 1 aromatic carbocycles. The minimum absolute atomic E-state index is 0.0682. The molecule has 1 unspecified atom stereocenters. The van der Waals surface area contributed by atoms with Gasteiger partial charge < -0.3 is 14.6 Å². The quantitative estimate of drug-likeness (QED) is 0.514. The number of aromatic nitrogens is 1. The number of methoxy groups -OCH3 is 1. The van der Waals surface area contributed by atoms with Crippen molar-refractivity contribution in [1.29, 1.82) is 0 Å². The standard InChI is InChI=1S/C32H40FN5O2/c1-20(2)30-25-15-22(21-9-12-37(13-10-21)18-29(39)38-14-11-24(33)17-38)7-8-26(25)36-31(30)23-5-4-6-27-32(35-19-34-27)28(16-23)40-3/h5,7-8,15-16,19-21,24,27,36H,4,6,9-14,17-18H2,1-3H3/b23-5+,28-16+/t24-,27?/m0/s1. The lowest BCUT2D eigenvalue weighted by molar-refractivity contribution is -0.131. The fraction of sp³-hybridized carbons (Fsp3) is 0.531. The molecule has 2 atom stereocenters. The number of ether oxygens (including phenoxy) is 1. The topological polar surface area (TPSA) is 73.3 Å². The number of amides is 1. The van der Waals surface area contributed by atoms with Crippen molar-refractivity contribution >= 4 is 34.4 Å². The Hall–Kier alpha value is -3.26. The van der Waals surface area contributed by atoms with Crippen LogP contribution in [0.4, 0.5) is 4.39 Å². The summed E-state index contributed by atoms with van der Waals surface area (Å²) in [5, 5.41) is 1.28. The number of piperidine rings is 1. The number of nitrogens with zero attached hydrogens (tertiary/aromatic N) is 4. The molecule has 0 bridgehead atoms. The zero-order valence-electron chi connectivity index (χ0n) is 23.8. The predicted octanol–water partition coefficient (Wildman–Crippen LogP) is 5.60. The van der Waals surface area contributed by atoms with E-state index in [2.05, 4.69) is 64.1 Å². The summed E-state index contributed by atoms with van der Waals surface area (Å²) in [6.45, 7) is 7.52. The number of hydrogen-bond donors (Lipinski definition) is 1. The van der Waals surface area contributed by atoms with Crippen molar-refractivity contribution in [3.05, 3.63) is 52.9 Å². The van der Waals surface area contributed by atoms with Crippen molar-refractivity contribution in [3.63, 3.8) is 0 Å². The number of allylic oxidation sites excluding steroid dienone is 3. The zero-order valence-corrected chi connectivity index (χ0v) is 23.8. The molecule has 6 rings (SSSR count). The van der Waals surface area contributed by atoms with Crippen molar-refractivity contribution in [2.24, 2.45) is 9.98 Å². The van der Waals surface area contributed by atoms with E-state index in [1.54, 1.807) is 18.3 Å². The zero-order chi connectivity index (χ0) is 27.8. The molecule has 0 saturated carbocycles. The number of rotatable bonds is 6. The second-order valence-electron chi connectivity index (χ2n) is 11.9. The van der Waals surface area contributed by atoms with Crippen molar-refractivity contribution in [2.45, 2.75) is 70.0 Å². The first-order chi connectivity index (χ1) is 19.4. The normalized spacial score (nSPS) is 26.7. The van der Waals surface area contributed by atoms with Gasteiger partial charge in [0.2, 0.25) is 5.91 Å². The van der Waals surface area contributed by atoms with E-state index in [1.807, 2.05) is 0 Å². The summed E-state index contributed by atoms with van der Waals surface area (Å²) in [6.07, 6.45) is 9.57. The first-order valence-electron chi connectivity index (χ1n) is 14.8. The smallest absolute Gasteiger partial charge is 0.236 e. The Morgan fingerprint density at radius 3 is 2.73 bits per heavy atom. The number of benzene rings is 1. The van der Waals surface area contributed by atoms with Gasteiger partial charge in [-0.05, 0) is 91.9 Å². The van der Waals surface area contributed by atoms with Gasteiger partial charge in [-0.1, -0.05) is 26.0 Å². The molecule has 0 radical (unpaired) electrons. The van der Waals surface area contributed by atoms with Gasteiger partial charge in [-0.2, -0.15) is 0 Å². The number of hydrogen-bond acceptors (Lipinski definition) is 5. The van der Waals surface area contributed by atoms with Crippen LogP contribution in [-0.2, 0) is 9.53 Å². The van der Waals surface area contributed by atoms with E-state index < -0.39 is 6.17 Å². The molecular weight excluding hydrogens is 505 g/mol. The van der Waals surface area contributed by atoms with E-state index in [0.717, 1.165) is 67.0 Å². The van der Waals surface area contributed by atoms with Gasteiger partial charge in [0.1, 0.15) is 24.0 Å². The van der Waals surface area contributed by atoms with E-state index in [1.165, 1.54) is 16.5 Å². The average molecular weight is 546 g/mol. The van der Waals surface area contributed by atoms with Crippen LogP contribution < -0.4 is 0 Å². The Morgan fingerprint density at radius 1 is 1.18 bits per heavy atom. The number of carbonyl (C=O) groups excluding carboxylic acids is 1. The minimum Gasteiger partial charge on any atom is -0.495 e. The molecule has 1 aromatic heterocycles. The second kappa shape index (κ2) is 11.3. The fourth-order valence-corrected chi connectivity index (χ4v) is 6.75. The number of aromatic amines is 1. The highest BCUT2D eigenvalue weighted by Gasteiger charge is 2.30. The molecule has 3 aliphatic heterocycles. The van der Waals surface area contributed by atoms with Gasteiger partial charge in [0.25, 0.3) is 0 Å². The third-order valence-corrected chi connectivity index (χ3v) is 8.95. The van der Waals surface area contributed by atoms with Gasteiger partial charge in [-0.25, -0.2) is 9.38 Å². The van der Waals surface area contributed by atoms with Crippen LogP contribution in [0.3, 0.4) is 0 Å². The maximum atomic E-state index is 13.5. The Labute approximate surface area is 235 Å². The molecule has 1 amide bonds. The summed E-state index contributed by atoms with van der Waals surface area (Å²) < 4.78 is 19.3. The second-order valence-corrected chi connectivity index (χ2v) is 11.9. The number of likely N-dealkylation sites (tertiary alicyclic amines) is 2. The Morgan fingerprint density at radius 2 is 2.00 bits per heavy atom. The minimum atomic E-state index is -0.862. The molecule has 212 valence electrons. The van der Waals surface area contributed by atoms with Crippen LogP contribution in [0.1, 0.15) is 74.6 Å². The molecule has 4 heterocycles. The molecule has 7 nitrogen and oxygen atoms in total. The third kappa shape index (κ3) is 5.26. The van der Waals surface area contributed by atoms with Gasteiger partial charge in [0, 0.05) is 23.1 Å². The summed E-state index contributed by atoms with van der Waals surface area (Å²) in [4.78, 5) is 29.3. The number of fused-ring (bicyclic) bond motifs is 2. The third-order valence-electron chi connectivity index (χ3n) is 8.95. The van der Waals surface area contributed by atoms with E-state index in [0.29, 0.717) is 31.3 Å². The van der Waals surface area contributed by atoms with Gasteiger partial charge in [0.15, 0.2) is 0 Å². The fourth-order valence-electron chi connectivity index (χ4n) is 6.75. The molecule has 0 spiro atoms. The number of aliphatic imine (C=N–C) groups is 2. The van der Waals surface area contributed by atoms with Crippen molar-refractivity contribution in [2.75, 3.05) is 39.8 Å². The highest BCUT2D eigenvalue weighted by Crippen LogP contribution is 2.38. The highest BCUT2D eigenvalue weighted by molar-refractivity contribution is 6.10. The summed E-state index contributed by atoms with van der Waals surface area (Å²) in [5.41, 5.74) is 7.05. The molecule has 4 aliphatic rings. The van der Waals surface area contributed by atoms with Crippen LogP contribution in [0.2, 0.25) is 0 Å². The number of alkyl halides is 1.